The highest BCUT2D eigenvalue weighted by atomic mass is 79.9. The highest BCUT2D eigenvalue weighted by Crippen LogP contribution is 2.18. The van der Waals surface area contributed by atoms with Gasteiger partial charge in [-0.1, -0.05) is 64.5 Å². The highest BCUT2D eigenvalue weighted by Gasteiger charge is 2.19. The van der Waals surface area contributed by atoms with Gasteiger partial charge in [0.1, 0.15) is 0 Å². The van der Waals surface area contributed by atoms with Crippen LogP contribution in [0.4, 0.5) is 0 Å². The van der Waals surface area contributed by atoms with Gasteiger partial charge in [0.2, 0.25) is 5.91 Å². The second-order valence-electron chi connectivity index (χ2n) is 4.99. The van der Waals surface area contributed by atoms with Crippen molar-refractivity contribution in [2.24, 2.45) is 0 Å². The Morgan fingerprint density at radius 2 is 1.76 bits per heavy atom. The Kier molecular flexibility index (Phi) is 5.88. The molecule has 1 unspecified atom stereocenters. The van der Waals surface area contributed by atoms with Crippen molar-refractivity contribution in [3.63, 3.8) is 0 Å². The van der Waals surface area contributed by atoms with Crippen LogP contribution in [0.15, 0.2) is 59.1 Å². The lowest BCUT2D eigenvalue weighted by molar-refractivity contribution is -0.129. The van der Waals surface area contributed by atoms with Crippen LogP contribution in [-0.4, -0.2) is 23.1 Å². The molecule has 21 heavy (non-hydrogen) atoms. The van der Waals surface area contributed by atoms with Gasteiger partial charge in [0, 0.05) is 18.1 Å². The lowest BCUT2D eigenvalue weighted by atomic mass is 10.1. The van der Waals surface area contributed by atoms with Crippen molar-refractivity contribution in [1.29, 1.82) is 0 Å². The zero-order valence-corrected chi connectivity index (χ0v) is 14.3. The number of halogens is 1. The Morgan fingerprint density at radius 3 is 2.43 bits per heavy atom. The second-order valence-corrected chi connectivity index (χ2v) is 6.47. The Bertz CT molecular complexity index is 603. The summed E-state index contributed by atoms with van der Waals surface area (Å²) in [7, 11) is 1.82. The normalized spacial score (nSPS) is 12.0. The van der Waals surface area contributed by atoms with E-state index in [0.717, 1.165) is 15.6 Å². The number of rotatable bonds is 5. The van der Waals surface area contributed by atoms with Crippen molar-refractivity contribution in [2.75, 3.05) is 7.05 Å². The predicted octanol–water partition coefficient (Wildman–Crippen LogP) is 3.95. The second kappa shape index (κ2) is 7.66. The van der Waals surface area contributed by atoms with Crippen LogP contribution in [0.3, 0.4) is 0 Å². The monoisotopic (exact) mass is 363 g/mol. The third-order valence-corrected chi connectivity index (χ3v) is 4.48. The van der Waals surface area contributed by atoms with Gasteiger partial charge in [0.25, 0.3) is 0 Å². The van der Waals surface area contributed by atoms with E-state index < -0.39 is 0 Å². The molecule has 0 aliphatic rings. The fraction of sp³-hybridized carbons (Fsp3) is 0.235. The number of thiol groups is 1. The standard InChI is InChI=1S/C17H18BrNOS/c1-19(12-14-9-5-6-10-15(14)18)17(20)16(21)11-13-7-3-2-4-8-13/h2-10,16,21H,11-12H2,1H3. The van der Waals surface area contributed by atoms with Gasteiger partial charge in [-0.05, 0) is 23.6 Å². The van der Waals surface area contributed by atoms with E-state index in [-0.39, 0.29) is 11.2 Å². The zero-order chi connectivity index (χ0) is 15.2. The number of carbonyl (C=O) groups is 1. The van der Waals surface area contributed by atoms with E-state index in [9.17, 15) is 4.79 Å². The van der Waals surface area contributed by atoms with Crippen molar-refractivity contribution < 1.29 is 4.79 Å². The summed E-state index contributed by atoms with van der Waals surface area (Å²) in [5, 5.41) is -0.320. The van der Waals surface area contributed by atoms with E-state index in [1.54, 1.807) is 4.90 Å². The van der Waals surface area contributed by atoms with Gasteiger partial charge in [-0.2, -0.15) is 12.6 Å². The summed E-state index contributed by atoms with van der Waals surface area (Å²) in [5.41, 5.74) is 2.22. The van der Waals surface area contributed by atoms with Crippen LogP contribution in [0, 0.1) is 0 Å². The maximum absolute atomic E-state index is 12.4. The van der Waals surface area contributed by atoms with E-state index in [0.29, 0.717) is 13.0 Å². The summed E-state index contributed by atoms with van der Waals surface area (Å²) in [6.07, 6.45) is 0.642. The molecule has 0 bridgehead atoms. The first-order valence-electron chi connectivity index (χ1n) is 6.78. The lowest BCUT2D eigenvalue weighted by Crippen LogP contribution is -2.34. The lowest BCUT2D eigenvalue weighted by Gasteiger charge is -2.21. The molecule has 0 aliphatic carbocycles. The Balaban J connectivity index is 1.97. The molecule has 0 aliphatic heterocycles. The molecule has 0 radical (unpaired) electrons. The van der Waals surface area contributed by atoms with Gasteiger partial charge in [-0.3, -0.25) is 4.79 Å². The van der Waals surface area contributed by atoms with Gasteiger partial charge in [-0.25, -0.2) is 0 Å². The van der Waals surface area contributed by atoms with Crippen LogP contribution in [0.2, 0.25) is 0 Å². The van der Waals surface area contributed by atoms with Crippen LogP contribution >= 0.6 is 28.6 Å². The molecule has 2 nitrogen and oxygen atoms in total. The zero-order valence-electron chi connectivity index (χ0n) is 11.9. The summed E-state index contributed by atoms with van der Waals surface area (Å²) in [5.74, 6) is 0.0398. The molecular weight excluding hydrogens is 346 g/mol. The maximum Gasteiger partial charge on any atom is 0.235 e. The van der Waals surface area contributed by atoms with Gasteiger partial charge < -0.3 is 4.90 Å². The van der Waals surface area contributed by atoms with Gasteiger partial charge in [0.15, 0.2) is 0 Å². The number of hydrogen-bond acceptors (Lipinski definition) is 2. The molecule has 0 saturated carbocycles. The Hall–Kier alpha value is -1.26. The maximum atomic E-state index is 12.4. The fourth-order valence-electron chi connectivity index (χ4n) is 2.14. The van der Waals surface area contributed by atoms with E-state index in [2.05, 4.69) is 28.6 Å². The van der Waals surface area contributed by atoms with Crippen LogP contribution in [0.1, 0.15) is 11.1 Å². The number of nitrogens with zero attached hydrogens (tertiary/aromatic N) is 1. The van der Waals surface area contributed by atoms with Crippen molar-refractivity contribution in [3.8, 4) is 0 Å². The largest absolute Gasteiger partial charge is 0.340 e. The van der Waals surface area contributed by atoms with Crippen LogP contribution in [0.25, 0.3) is 0 Å². The highest BCUT2D eigenvalue weighted by molar-refractivity contribution is 9.10. The van der Waals surface area contributed by atoms with Gasteiger partial charge in [-0.15, -0.1) is 0 Å². The van der Waals surface area contributed by atoms with Gasteiger partial charge in [0.05, 0.1) is 5.25 Å². The molecule has 0 heterocycles. The first-order chi connectivity index (χ1) is 10.1. The third kappa shape index (κ3) is 4.61. The molecular formula is C17H18BrNOS. The van der Waals surface area contributed by atoms with Crippen molar-refractivity contribution in [2.45, 2.75) is 18.2 Å². The molecule has 0 fully saturated rings. The molecule has 2 aromatic rings. The van der Waals surface area contributed by atoms with E-state index >= 15 is 0 Å². The third-order valence-electron chi connectivity index (χ3n) is 3.30. The predicted molar refractivity (Wildman–Crippen MR) is 93.5 cm³/mol. The SMILES string of the molecule is CN(Cc1ccccc1Br)C(=O)C(S)Cc1ccccc1. The van der Waals surface area contributed by atoms with Crippen molar-refractivity contribution in [1.82, 2.24) is 4.90 Å². The summed E-state index contributed by atoms with van der Waals surface area (Å²) in [6, 6.07) is 17.9. The molecule has 1 amide bonds. The first kappa shape index (κ1) is 16.1. The van der Waals surface area contributed by atoms with E-state index in [1.165, 1.54) is 0 Å². The Morgan fingerprint density at radius 1 is 1.14 bits per heavy atom. The number of carbonyl (C=O) groups excluding carboxylic acids is 1. The fourth-order valence-corrected chi connectivity index (χ4v) is 2.96. The average Bonchev–Trinajstić information content (AvgIpc) is 2.49. The molecule has 0 aromatic heterocycles. The molecule has 2 rings (SSSR count). The molecule has 4 heteroatoms. The van der Waals surface area contributed by atoms with Crippen molar-refractivity contribution >= 4 is 34.5 Å². The van der Waals surface area contributed by atoms with Gasteiger partial charge >= 0.3 is 0 Å². The number of amides is 1. The minimum absolute atomic E-state index is 0.0398. The smallest absolute Gasteiger partial charge is 0.235 e. The van der Waals surface area contributed by atoms with Crippen LogP contribution in [0.5, 0.6) is 0 Å². The summed E-state index contributed by atoms with van der Waals surface area (Å²) < 4.78 is 1.02. The average molecular weight is 364 g/mol. The van der Waals surface area contributed by atoms with Crippen LogP contribution < -0.4 is 0 Å². The summed E-state index contributed by atoms with van der Waals surface area (Å²) in [6.45, 7) is 0.576. The van der Waals surface area contributed by atoms with E-state index in [1.807, 2.05) is 61.6 Å². The van der Waals surface area contributed by atoms with Crippen LogP contribution in [-0.2, 0) is 17.8 Å². The summed E-state index contributed by atoms with van der Waals surface area (Å²) in [4.78, 5) is 14.1. The Labute approximate surface area is 139 Å². The number of hydrogen-bond donors (Lipinski definition) is 1. The minimum Gasteiger partial charge on any atom is -0.340 e. The first-order valence-corrected chi connectivity index (χ1v) is 8.09. The minimum atomic E-state index is -0.320. The molecule has 2 aromatic carbocycles. The van der Waals surface area contributed by atoms with E-state index in [4.69, 9.17) is 0 Å². The molecule has 110 valence electrons. The molecule has 1 atom stereocenters. The summed E-state index contributed by atoms with van der Waals surface area (Å²) >= 11 is 7.97. The molecule has 0 N–H and O–H groups in total. The molecule has 0 saturated heterocycles. The molecule has 0 spiro atoms. The number of benzene rings is 2. The quantitative estimate of drug-likeness (QED) is 0.797. The topological polar surface area (TPSA) is 20.3 Å². The van der Waals surface area contributed by atoms with Crippen molar-refractivity contribution in [3.05, 3.63) is 70.2 Å².